The number of nitro groups is 1. The molecule has 0 saturated carbocycles. The fourth-order valence-corrected chi connectivity index (χ4v) is 2.69. The van der Waals surface area contributed by atoms with E-state index >= 15 is 0 Å². The second kappa shape index (κ2) is 8.70. The van der Waals surface area contributed by atoms with Crippen molar-refractivity contribution in [2.75, 3.05) is 18.6 Å². The average molecular weight is 412 g/mol. The van der Waals surface area contributed by atoms with Crippen molar-refractivity contribution < 1.29 is 24.0 Å². The number of esters is 2. The van der Waals surface area contributed by atoms with E-state index in [1.165, 1.54) is 17.7 Å². The Morgan fingerprint density at radius 3 is 2.50 bits per heavy atom. The van der Waals surface area contributed by atoms with Crippen molar-refractivity contribution in [2.24, 2.45) is 0 Å². The van der Waals surface area contributed by atoms with Crippen molar-refractivity contribution in [3.63, 3.8) is 0 Å². The number of rotatable bonds is 7. The number of nitrogens with one attached hydrogen (secondary N) is 1. The Hall–Kier alpha value is -3.14. The number of hydrogen-bond acceptors (Lipinski definition) is 8. The zero-order chi connectivity index (χ0) is 21.0. The Balaban J connectivity index is 2.72. The van der Waals surface area contributed by atoms with Crippen LogP contribution in [0.3, 0.4) is 0 Å². The second-order valence-electron chi connectivity index (χ2n) is 5.64. The van der Waals surface area contributed by atoms with Crippen LogP contribution in [0, 0.1) is 10.1 Å². The van der Waals surface area contributed by atoms with Gasteiger partial charge in [0.25, 0.3) is 5.69 Å². The fraction of sp³-hybridized carbons (Fsp3) is 0.353. The SMILES string of the molecule is CCOC(=O)c1cn(NC(C)C(=O)OCC)c2cc(Cl)c([N+](=O)[O-])cc2c1=O. The first-order valence-electron chi connectivity index (χ1n) is 8.34. The first-order valence-corrected chi connectivity index (χ1v) is 8.72. The van der Waals surface area contributed by atoms with Crippen molar-refractivity contribution in [2.45, 2.75) is 26.8 Å². The summed E-state index contributed by atoms with van der Waals surface area (Å²) in [5.74, 6) is -1.47. The van der Waals surface area contributed by atoms with Gasteiger partial charge in [0, 0.05) is 12.3 Å². The van der Waals surface area contributed by atoms with E-state index in [1.54, 1.807) is 13.8 Å². The topological polar surface area (TPSA) is 130 Å². The molecule has 28 heavy (non-hydrogen) atoms. The average Bonchev–Trinajstić information content (AvgIpc) is 2.63. The van der Waals surface area contributed by atoms with E-state index in [2.05, 4.69) is 5.43 Å². The smallest absolute Gasteiger partial charge is 0.343 e. The molecule has 0 saturated heterocycles. The lowest BCUT2D eigenvalue weighted by Crippen LogP contribution is -2.35. The summed E-state index contributed by atoms with van der Waals surface area (Å²) in [7, 11) is 0. The molecule has 1 heterocycles. The Morgan fingerprint density at radius 1 is 1.29 bits per heavy atom. The molecule has 1 N–H and O–H groups in total. The molecule has 150 valence electrons. The molecule has 0 aliphatic carbocycles. The zero-order valence-corrected chi connectivity index (χ0v) is 16.1. The number of aromatic nitrogens is 1. The monoisotopic (exact) mass is 411 g/mol. The van der Waals surface area contributed by atoms with Gasteiger partial charge < -0.3 is 14.9 Å². The van der Waals surface area contributed by atoms with Crippen LogP contribution in [0.15, 0.2) is 23.1 Å². The summed E-state index contributed by atoms with van der Waals surface area (Å²) >= 11 is 5.96. The zero-order valence-electron chi connectivity index (χ0n) is 15.4. The maximum Gasteiger partial charge on any atom is 0.343 e. The summed E-state index contributed by atoms with van der Waals surface area (Å²) in [6.45, 7) is 4.94. The molecule has 0 fully saturated rings. The Morgan fingerprint density at radius 2 is 1.93 bits per heavy atom. The van der Waals surface area contributed by atoms with Crippen LogP contribution in [0.5, 0.6) is 0 Å². The summed E-state index contributed by atoms with van der Waals surface area (Å²) in [5.41, 5.74) is 1.32. The van der Waals surface area contributed by atoms with Crippen LogP contribution in [0.1, 0.15) is 31.1 Å². The third-order valence-corrected chi connectivity index (χ3v) is 4.04. The molecule has 0 amide bonds. The van der Waals surface area contributed by atoms with Gasteiger partial charge >= 0.3 is 11.9 Å². The maximum atomic E-state index is 12.7. The van der Waals surface area contributed by atoms with Gasteiger partial charge in [0.1, 0.15) is 16.6 Å². The van der Waals surface area contributed by atoms with Gasteiger partial charge in [-0.2, -0.15) is 0 Å². The number of nitrogens with zero attached hydrogens (tertiary/aromatic N) is 2. The number of hydrogen-bond donors (Lipinski definition) is 1. The van der Waals surface area contributed by atoms with E-state index < -0.39 is 34.0 Å². The third-order valence-electron chi connectivity index (χ3n) is 3.74. The van der Waals surface area contributed by atoms with Crippen molar-refractivity contribution in [3.8, 4) is 0 Å². The number of pyridine rings is 1. The second-order valence-corrected chi connectivity index (χ2v) is 6.05. The number of benzene rings is 1. The van der Waals surface area contributed by atoms with Crippen LogP contribution < -0.4 is 10.9 Å². The first-order chi connectivity index (χ1) is 13.2. The molecule has 1 unspecified atom stereocenters. The van der Waals surface area contributed by atoms with Gasteiger partial charge in [-0.05, 0) is 26.8 Å². The molecular weight excluding hydrogens is 394 g/mol. The Labute approximate surface area is 164 Å². The lowest BCUT2D eigenvalue weighted by atomic mass is 10.1. The van der Waals surface area contributed by atoms with Crippen molar-refractivity contribution in [1.29, 1.82) is 0 Å². The number of fused-ring (bicyclic) bond motifs is 1. The molecule has 0 bridgehead atoms. The van der Waals surface area contributed by atoms with Crippen molar-refractivity contribution in [1.82, 2.24) is 4.68 Å². The van der Waals surface area contributed by atoms with Crippen LogP contribution in [0.25, 0.3) is 10.9 Å². The highest BCUT2D eigenvalue weighted by atomic mass is 35.5. The van der Waals surface area contributed by atoms with Gasteiger partial charge in [0.2, 0.25) is 5.43 Å². The normalized spacial score (nSPS) is 11.7. The largest absolute Gasteiger partial charge is 0.464 e. The minimum atomic E-state index is -0.897. The minimum Gasteiger partial charge on any atom is -0.464 e. The van der Waals surface area contributed by atoms with Crippen LogP contribution in [0.2, 0.25) is 5.02 Å². The summed E-state index contributed by atoms with van der Waals surface area (Å²) < 4.78 is 11.0. The fourth-order valence-electron chi connectivity index (χ4n) is 2.46. The molecule has 2 aromatic rings. The van der Waals surface area contributed by atoms with Gasteiger partial charge in [-0.25, -0.2) is 9.59 Å². The predicted octanol–water partition coefficient (Wildman–Crippen LogP) is 2.23. The van der Waals surface area contributed by atoms with E-state index in [4.69, 9.17) is 21.1 Å². The van der Waals surface area contributed by atoms with Crippen molar-refractivity contribution >= 4 is 40.1 Å². The van der Waals surface area contributed by atoms with Crippen LogP contribution >= 0.6 is 11.6 Å². The Kier molecular flexibility index (Phi) is 6.57. The molecule has 2 rings (SSSR count). The third kappa shape index (κ3) is 4.22. The summed E-state index contributed by atoms with van der Waals surface area (Å²) in [6.07, 6.45) is 1.15. The van der Waals surface area contributed by atoms with E-state index in [0.29, 0.717) is 0 Å². The number of ether oxygens (including phenoxy) is 2. The highest BCUT2D eigenvalue weighted by Gasteiger charge is 2.23. The van der Waals surface area contributed by atoms with E-state index in [-0.39, 0.29) is 34.7 Å². The van der Waals surface area contributed by atoms with Gasteiger partial charge in [0.05, 0.1) is 29.0 Å². The standard InChI is InChI=1S/C17H18ClN3O7/c1-4-27-16(23)9(3)19-20-8-11(17(24)28-5-2)15(22)10-6-14(21(25)26)12(18)7-13(10)20/h6-9,19H,4-5H2,1-3H3. The summed E-state index contributed by atoms with van der Waals surface area (Å²) in [4.78, 5) is 47.2. The van der Waals surface area contributed by atoms with Gasteiger partial charge in [-0.15, -0.1) is 0 Å². The summed E-state index contributed by atoms with van der Waals surface area (Å²) in [5, 5.41) is 10.8. The quantitative estimate of drug-likeness (QED) is 0.417. The highest BCUT2D eigenvalue weighted by molar-refractivity contribution is 6.33. The van der Waals surface area contributed by atoms with Crippen LogP contribution in [-0.2, 0) is 14.3 Å². The Bertz CT molecular complexity index is 1000. The van der Waals surface area contributed by atoms with Crippen LogP contribution in [-0.4, -0.2) is 40.8 Å². The van der Waals surface area contributed by atoms with Gasteiger partial charge in [-0.1, -0.05) is 11.6 Å². The predicted molar refractivity (Wildman–Crippen MR) is 101 cm³/mol. The lowest BCUT2D eigenvalue weighted by Gasteiger charge is -2.19. The van der Waals surface area contributed by atoms with E-state index in [0.717, 1.165) is 12.3 Å². The molecule has 1 atom stereocenters. The van der Waals surface area contributed by atoms with E-state index in [9.17, 15) is 24.5 Å². The lowest BCUT2D eigenvalue weighted by molar-refractivity contribution is -0.384. The minimum absolute atomic E-state index is 0.0315. The van der Waals surface area contributed by atoms with Gasteiger partial charge in [-0.3, -0.25) is 19.6 Å². The molecule has 0 spiro atoms. The summed E-state index contributed by atoms with van der Waals surface area (Å²) in [6, 6.07) is 1.33. The first kappa shape index (κ1) is 21.2. The molecule has 0 radical (unpaired) electrons. The molecule has 11 heteroatoms. The maximum absolute atomic E-state index is 12.7. The molecule has 1 aromatic heterocycles. The number of nitro benzene ring substituents is 1. The molecule has 0 aliphatic rings. The van der Waals surface area contributed by atoms with Gasteiger partial charge in [0.15, 0.2) is 0 Å². The number of halogens is 1. The van der Waals surface area contributed by atoms with E-state index in [1.807, 2.05) is 0 Å². The number of carbonyl (C=O) groups excluding carboxylic acids is 2. The highest BCUT2D eigenvalue weighted by Crippen LogP contribution is 2.28. The molecule has 1 aromatic carbocycles. The molecule has 10 nitrogen and oxygen atoms in total. The number of carbonyl (C=O) groups is 2. The molecular formula is C17H18ClN3O7. The molecule has 0 aliphatic heterocycles. The van der Waals surface area contributed by atoms with Crippen molar-refractivity contribution in [3.05, 3.63) is 49.3 Å². The van der Waals surface area contributed by atoms with Crippen LogP contribution in [0.4, 0.5) is 5.69 Å².